The van der Waals surface area contributed by atoms with Gasteiger partial charge in [-0.15, -0.1) is 0 Å². The smallest absolute Gasteiger partial charge is 0.0664 e. The summed E-state index contributed by atoms with van der Waals surface area (Å²) < 4.78 is 0. The van der Waals surface area contributed by atoms with Crippen molar-refractivity contribution < 1.29 is 5.11 Å². The topological polar surface area (TPSA) is 35.5 Å². The lowest BCUT2D eigenvalue weighted by Crippen LogP contribution is -2.46. The first-order chi connectivity index (χ1) is 7.27. The van der Waals surface area contributed by atoms with Gasteiger partial charge in [0.25, 0.3) is 0 Å². The fraction of sp³-hybridized carbons (Fsp3) is 1.00. The molecule has 0 aliphatic carbocycles. The van der Waals surface area contributed by atoms with Gasteiger partial charge in [-0.05, 0) is 45.3 Å². The van der Waals surface area contributed by atoms with Gasteiger partial charge in [0.15, 0.2) is 0 Å². The summed E-state index contributed by atoms with van der Waals surface area (Å²) in [5, 5.41) is 13.1. The zero-order chi connectivity index (χ0) is 11.1. The minimum Gasteiger partial charge on any atom is -0.392 e. The Morgan fingerprint density at radius 3 is 2.53 bits per heavy atom. The lowest BCUT2D eigenvalue weighted by Gasteiger charge is -2.35. The van der Waals surface area contributed by atoms with Gasteiger partial charge < -0.3 is 10.4 Å². The molecule has 2 N–H and O–H groups in total. The zero-order valence-corrected chi connectivity index (χ0v) is 10.2. The summed E-state index contributed by atoms with van der Waals surface area (Å²) >= 11 is 0. The Bertz CT molecular complexity index is 158. The highest BCUT2D eigenvalue weighted by atomic mass is 16.3. The molecule has 0 aromatic carbocycles. The fourth-order valence-electron chi connectivity index (χ4n) is 2.28. The van der Waals surface area contributed by atoms with Crippen LogP contribution in [0.5, 0.6) is 0 Å². The Balaban J connectivity index is 2.39. The van der Waals surface area contributed by atoms with Gasteiger partial charge in [-0.3, -0.25) is 4.90 Å². The second-order valence-corrected chi connectivity index (χ2v) is 4.54. The molecular weight excluding hydrogens is 188 g/mol. The van der Waals surface area contributed by atoms with Gasteiger partial charge in [-0.2, -0.15) is 0 Å². The predicted octanol–water partition coefficient (Wildman–Crippen LogP) is 1.22. The van der Waals surface area contributed by atoms with E-state index in [0.717, 1.165) is 32.6 Å². The first kappa shape index (κ1) is 12.9. The van der Waals surface area contributed by atoms with Crippen molar-refractivity contribution in [3.8, 4) is 0 Å². The summed E-state index contributed by atoms with van der Waals surface area (Å²) in [6.07, 6.45) is 4.37. The van der Waals surface area contributed by atoms with Crippen molar-refractivity contribution in [1.82, 2.24) is 10.2 Å². The van der Waals surface area contributed by atoms with E-state index in [0.29, 0.717) is 6.04 Å². The maximum atomic E-state index is 9.73. The molecule has 1 aliphatic rings. The Kier molecular flexibility index (Phi) is 6.22. The number of hydrogen-bond acceptors (Lipinski definition) is 3. The molecular formula is C12H26N2O. The van der Waals surface area contributed by atoms with Crippen LogP contribution in [0.3, 0.4) is 0 Å². The van der Waals surface area contributed by atoms with E-state index in [2.05, 4.69) is 24.1 Å². The first-order valence-corrected chi connectivity index (χ1v) is 6.40. The summed E-state index contributed by atoms with van der Waals surface area (Å²) in [4.78, 5) is 2.48. The van der Waals surface area contributed by atoms with Crippen LogP contribution in [0.15, 0.2) is 0 Å². The van der Waals surface area contributed by atoms with Crippen LogP contribution in [-0.4, -0.2) is 48.3 Å². The molecule has 0 amide bonds. The summed E-state index contributed by atoms with van der Waals surface area (Å²) in [7, 11) is 0. The molecule has 1 unspecified atom stereocenters. The lowest BCUT2D eigenvalue weighted by atomic mass is 10.0. The van der Waals surface area contributed by atoms with Gasteiger partial charge >= 0.3 is 0 Å². The van der Waals surface area contributed by atoms with E-state index in [-0.39, 0.29) is 6.10 Å². The Hall–Kier alpha value is -0.120. The van der Waals surface area contributed by atoms with E-state index in [9.17, 15) is 5.11 Å². The van der Waals surface area contributed by atoms with Crippen LogP contribution in [-0.2, 0) is 0 Å². The first-order valence-electron chi connectivity index (χ1n) is 6.40. The van der Waals surface area contributed by atoms with Crippen molar-refractivity contribution in [3.05, 3.63) is 0 Å². The molecule has 1 rings (SSSR count). The highest BCUT2D eigenvalue weighted by Crippen LogP contribution is 2.13. The number of aliphatic hydroxyl groups excluding tert-OH is 1. The number of rotatable bonds is 6. The predicted molar refractivity (Wildman–Crippen MR) is 64.1 cm³/mol. The largest absolute Gasteiger partial charge is 0.392 e. The van der Waals surface area contributed by atoms with Gasteiger partial charge in [-0.25, -0.2) is 0 Å². The maximum Gasteiger partial charge on any atom is 0.0664 e. The SMILES string of the molecule is CCCN(CC(O)CC)C1CCNCC1. The van der Waals surface area contributed by atoms with Crippen LogP contribution in [0.2, 0.25) is 0 Å². The second-order valence-electron chi connectivity index (χ2n) is 4.54. The quantitative estimate of drug-likeness (QED) is 0.698. The number of aliphatic hydroxyl groups is 1. The van der Waals surface area contributed by atoms with Crippen molar-refractivity contribution >= 4 is 0 Å². The van der Waals surface area contributed by atoms with E-state index in [4.69, 9.17) is 0 Å². The van der Waals surface area contributed by atoms with Crippen LogP contribution in [0.1, 0.15) is 39.5 Å². The Labute approximate surface area is 93.9 Å². The molecule has 15 heavy (non-hydrogen) atoms. The Morgan fingerprint density at radius 1 is 1.33 bits per heavy atom. The summed E-state index contributed by atoms with van der Waals surface area (Å²) in [5.41, 5.74) is 0. The third-order valence-electron chi connectivity index (χ3n) is 3.25. The molecule has 0 radical (unpaired) electrons. The molecule has 1 aliphatic heterocycles. The standard InChI is InChI=1S/C12H26N2O/c1-3-9-14(10-12(15)4-2)11-5-7-13-8-6-11/h11-13,15H,3-10H2,1-2H3. The third kappa shape index (κ3) is 4.49. The van der Waals surface area contributed by atoms with Crippen LogP contribution in [0, 0.1) is 0 Å². The van der Waals surface area contributed by atoms with Gasteiger partial charge in [0, 0.05) is 12.6 Å². The number of nitrogens with one attached hydrogen (secondary N) is 1. The average Bonchev–Trinajstić information content (AvgIpc) is 2.29. The van der Waals surface area contributed by atoms with Crippen LogP contribution < -0.4 is 5.32 Å². The summed E-state index contributed by atoms with van der Waals surface area (Å²) in [5.74, 6) is 0. The molecule has 3 heteroatoms. The van der Waals surface area contributed by atoms with Crippen molar-refractivity contribution in [2.75, 3.05) is 26.2 Å². The molecule has 0 aromatic heterocycles. The molecule has 1 saturated heterocycles. The molecule has 0 aromatic rings. The molecule has 0 saturated carbocycles. The van der Waals surface area contributed by atoms with Crippen molar-refractivity contribution in [3.63, 3.8) is 0 Å². The lowest BCUT2D eigenvalue weighted by molar-refractivity contribution is 0.0734. The normalized spacial score (nSPS) is 20.8. The van der Waals surface area contributed by atoms with Crippen LogP contribution in [0.25, 0.3) is 0 Å². The van der Waals surface area contributed by atoms with E-state index in [1.807, 2.05) is 0 Å². The van der Waals surface area contributed by atoms with Gasteiger partial charge in [0.1, 0.15) is 0 Å². The number of hydrogen-bond donors (Lipinski definition) is 2. The van der Waals surface area contributed by atoms with Gasteiger partial charge in [-0.1, -0.05) is 13.8 Å². The molecule has 1 heterocycles. The number of nitrogens with zero attached hydrogens (tertiary/aromatic N) is 1. The van der Waals surface area contributed by atoms with Crippen molar-refractivity contribution in [2.45, 2.75) is 51.7 Å². The van der Waals surface area contributed by atoms with E-state index in [1.54, 1.807) is 0 Å². The van der Waals surface area contributed by atoms with Gasteiger partial charge in [0.05, 0.1) is 6.10 Å². The molecule has 90 valence electrons. The molecule has 3 nitrogen and oxygen atoms in total. The highest BCUT2D eigenvalue weighted by molar-refractivity contribution is 4.79. The second kappa shape index (κ2) is 7.20. The van der Waals surface area contributed by atoms with Gasteiger partial charge in [0.2, 0.25) is 0 Å². The van der Waals surface area contributed by atoms with E-state index in [1.165, 1.54) is 19.3 Å². The van der Waals surface area contributed by atoms with Crippen molar-refractivity contribution in [1.29, 1.82) is 0 Å². The Morgan fingerprint density at radius 2 is 2.00 bits per heavy atom. The minimum absolute atomic E-state index is 0.147. The zero-order valence-electron chi connectivity index (χ0n) is 10.2. The molecule has 0 bridgehead atoms. The summed E-state index contributed by atoms with van der Waals surface area (Å²) in [6, 6.07) is 0.687. The van der Waals surface area contributed by atoms with E-state index >= 15 is 0 Å². The van der Waals surface area contributed by atoms with Crippen molar-refractivity contribution in [2.24, 2.45) is 0 Å². The number of piperidine rings is 1. The monoisotopic (exact) mass is 214 g/mol. The highest BCUT2D eigenvalue weighted by Gasteiger charge is 2.21. The third-order valence-corrected chi connectivity index (χ3v) is 3.25. The molecule has 0 spiro atoms. The molecule has 1 fully saturated rings. The minimum atomic E-state index is -0.147. The van der Waals surface area contributed by atoms with Crippen LogP contribution in [0.4, 0.5) is 0 Å². The molecule has 1 atom stereocenters. The summed E-state index contributed by atoms with van der Waals surface area (Å²) in [6.45, 7) is 8.51. The van der Waals surface area contributed by atoms with E-state index < -0.39 is 0 Å². The maximum absolute atomic E-state index is 9.73. The van der Waals surface area contributed by atoms with Crippen LogP contribution >= 0.6 is 0 Å². The fourth-order valence-corrected chi connectivity index (χ4v) is 2.28. The average molecular weight is 214 g/mol.